The van der Waals surface area contributed by atoms with Gasteiger partial charge in [0.2, 0.25) is 0 Å². The third-order valence-electron chi connectivity index (χ3n) is 5.47. The molecule has 1 saturated carbocycles. The van der Waals surface area contributed by atoms with Crippen LogP contribution < -0.4 is 0 Å². The summed E-state index contributed by atoms with van der Waals surface area (Å²) in [5.74, 6) is 2.72. The molecule has 0 spiro atoms. The Labute approximate surface area is 137 Å². The zero-order valence-corrected chi connectivity index (χ0v) is 14.4. The number of aromatic amines is 1. The lowest BCUT2D eigenvalue weighted by molar-refractivity contribution is 0.312. The zero-order valence-electron chi connectivity index (χ0n) is 13.6. The smallest absolute Gasteiger partial charge is 0.263 e. The Balaban J connectivity index is 1.56. The number of H-pyrrole nitrogens is 1. The van der Waals surface area contributed by atoms with Gasteiger partial charge in [0.1, 0.15) is 5.82 Å². The molecule has 3 fully saturated rings. The van der Waals surface area contributed by atoms with Crippen molar-refractivity contribution in [3.8, 4) is 0 Å². The highest BCUT2D eigenvalue weighted by Crippen LogP contribution is 2.47. The van der Waals surface area contributed by atoms with Gasteiger partial charge in [0.05, 0.1) is 0 Å². The predicted molar refractivity (Wildman–Crippen MR) is 86.0 cm³/mol. The summed E-state index contributed by atoms with van der Waals surface area (Å²) in [6, 6.07) is 0. The second-order valence-electron chi connectivity index (χ2n) is 7.17. The van der Waals surface area contributed by atoms with E-state index in [1.54, 1.807) is 8.61 Å². The molecule has 0 unspecified atom stereocenters. The molecular formula is C15H25N5O2S. The Bertz CT molecular complexity index is 663. The summed E-state index contributed by atoms with van der Waals surface area (Å²) in [6.07, 6.45) is 5.51. The van der Waals surface area contributed by atoms with Gasteiger partial charge in [-0.05, 0) is 44.4 Å². The molecule has 1 N–H and O–H groups in total. The van der Waals surface area contributed by atoms with Gasteiger partial charge in [-0.3, -0.25) is 5.10 Å². The van der Waals surface area contributed by atoms with Crippen molar-refractivity contribution in [2.24, 2.45) is 11.8 Å². The van der Waals surface area contributed by atoms with Crippen LogP contribution in [0.25, 0.3) is 0 Å². The van der Waals surface area contributed by atoms with E-state index in [1.165, 1.54) is 12.8 Å². The van der Waals surface area contributed by atoms with Crippen molar-refractivity contribution in [3.63, 3.8) is 0 Å². The van der Waals surface area contributed by atoms with Crippen LogP contribution in [0.3, 0.4) is 0 Å². The summed E-state index contributed by atoms with van der Waals surface area (Å²) in [5.41, 5.74) is 0. The summed E-state index contributed by atoms with van der Waals surface area (Å²) in [5, 5.41) is 7.22. The minimum absolute atomic E-state index is 0.131. The van der Waals surface area contributed by atoms with Crippen molar-refractivity contribution in [2.45, 2.75) is 44.9 Å². The number of hydrogen-bond donors (Lipinski definition) is 1. The Morgan fingerprint density at radius 3 is 2.43 bits per heavy atom. The van der Waals surface area contributed by atoms with E-state index in [0.29, 0.717) is 38.0 Å². The fraction of sp³-hybridized carbons (Fsp3) is 0.867. The molecule has 0 amide bonds. The molecule has 7 nitrogen and oxygen atoms in total. The maximum absolute atomic E-state index is 13.0. The van der Waals surface area contributed by atoms with Gasteiger partial charge in [0.25, 0.3) is 10.2 Å². The number of hydrogen-bond acceptors (Lipinski definition) is 4. The normalized spacial score (nSPS) is 30.8. The molecule has 0 radical (unpaired) electrons. The summed E-state index contributed by atoms with van der Waals surface area (Å²) < 4.78 is 29.3. The first-order chi connectivity index (χ1) is 11.1. The number of nitrogens with one attached hydrogen (secondary N) is 1. The molecule has 1 aromatic rings. The topological polar surface area (TPSA) is 82.2 Å². The van der Waals surface area contributed by atoms with Crippen molar-refractivity contribution in [1.29, 1.82) is 0 Å². The molecule has 1 aromatic heterocycles. The Kier molecular flexibility index (Phi) is 3.93. The van der Waals surface area contributed by atoms with E-state index < -0.39 is 10.2 Å². The van der Waals surface area contributed by atoms with Crippen molar-refractivity contribution in [1.82, 2.24) is 23.8 Å². The molecule has 2 atom stereocenters. The lowest BCUT2D eigenvalue weighted by Crippen LogP contribution is -2.45. The van der Waals surface area contributed by atoms with Crippen LogP contribution in [0.1, 0.15) is 49.7 Å². The molecule has 128 valence electrons. The van der Waals surface area contributed by atoms with Crippen molar-refractivity contribution < 1.29 is 8.42 Å². The van der Waals surface area contributed by atoms with Crippen molar-refractivity contribution in [2.75, 3.05) is 26.2 Å². The van der Waals surface area contributed by atoms with Gasteiger partial charge in [-0.15, -0.1) is 0 Å². The van der Waals surface area contributed by atoms with Crippen LogP contribution >= 0.6 is 0 Å². The highest BCUT2D eigenvalue weighted by Gasteiger charge is 2.48. The Morgan fingerprint density at radius 1 is 1.09 bits per heavy atom. The second kappa shape index (κ2) is 5.82. The standard InChI is InChI=1S/C15H25N5O2S/c1-11-16-15(18-17-11)14-10-20(9-13(14)12-5-6-12)23(21,22)19-7-3-2-4-8-19/h12-14H,2-10H2,1H3,(H,16,17,18)/t13-,14+/m0/s1. The van der Waals surface area contributed by atoms with Crippen molar-refractivity contribution >= 4 is 10.2 Å². The van der Waals surface area contributed by atoms with Crippen LogP contribution in [0.4, 0.5) is 0 Å². The highest BCUT2D eigenvalue weighted by atomic mass is 32.2. The van der Waals surface area contributed by atoms with E-state index in [0.717, 1.165) is 30.9 Å². The summed E-state index contributed by atoms with van der Waals surface area (Å²) in [6.45, 7) is 4.37. The molecule has 0 bridgehead atoms. The molecule has 2 aliphatic heterocycles. The first-order valence-corrected chi connectivity index (χ1v) is 10.1. The molecule has 3 aliphatic rings. The fourth-order valence-corrected chi connectivity index (χ4v) is 5.80. The van der Waals surface area contributed by atoms with Gasteiger partial charge >= 0.3 is 0 Å². The number of aryl methyl sites for hydroxylation is 1. The fourth-order valence-electron chi connectivity index (χ4n) is 4.04. The Hall–Kier alpha value is -0.990. The molecular weight excluding hydrogens is 314 g/mol. The molecule has 1 aliphatic carbocycles. The summed E-state index contributed by atoms with van der Waals surface area (Å²) >= 11 is 0. The number of nitrogens with zero attached hydrogens (tertiary/aromatic N) is 4. The summed E-state index contributed by atoms with van der Waals surface area (Å²) in [4.78, 5) is 4.48. The van der Waals surface area contributed by atoms with Gasteiger partial charge in [0.15, 0.2) is 5.82 Å². The van der Waals surface area contributed by atoms with Gasteiger partial charge in [-0.1, -0.05) is 6.42 Å². The van der Waals surface area contributed by atoms with E-state index in [4.69, 9.17) is 0 Å². The molecule has 0 aromatic carbocycles. The summed E-state index contributed by atoms with van der Waals surface area (Å²) in [7, 11) is -3.33. The van der Waals surface area contributed by atoms with Crippen LogP contribution in [0.5, 0.6) is 0 Å². The molecule has 3 heterocycles. The molecule has 23 heavy (non-hydrogen) atoms. The van der Waals surface area contributed by atoms with Crippen LogP contribution in [0, 0.1) is 18.8 Å². The number of aromatic nitrogens is 3. The third kappa shape index (κ3) is 2.92. The van der Waals surface area contributed by atoms with Crippen molar-refractivity contribution in [3.05, 3.63) is 11.6 Å². The first kappa shape index (κ1) is 15.5. The lowest BCUT2D eigenvalue weighted by atomic mass is 9.91. The van der Waals surface area contributed by atoms with Gasteiger partial charge in [-0.2, -0.15) is 22.1 Å². The van der Waals surface area contributed by atoms with E-state index in [9.17, 15) is 8.42 Å². The molecule has 2 saturated heterocycles. The van der Waals surface area contributed by atoms with Gasteiger partial charge < -0.3 is 0 Å². The monoisotopic (exact) mass is 339 g/mol. The largest absolute Gasteiger partial charge is 0.282 e. The third-order valence-corrected chi connectivity index (χ3v) is 7.44. The van der Waals surface area contributed by atoms with E-state index in [1.807, 2.05) is 6.92 Å². The zero-order chi connectivity index (χ0) is 16.0. The minimum Gasteiger partial charge on any atom is -0.263 e. The first-order valence-electron chi connectivity index (χ1n) is 8.70. The van der Waals surface area contributed by atoms with Crippen LogP contribution in [-0.2, 0) is 10.2 Å². The SMILES string of the molecule is Cc1nc([C@@H]2CN(S(=O)(=O)N3CCCCC3)C[C@H]2C2CC2)n[nH]1. The van der Waals surface area contributed by atoms with Crippen LogP contribution in [0.2, 0.25) is 0 Å². The second-order valence-corrected chi connectivity index (χ2v) is 9.10. The average molecular weight is 339 g/mol. The lowest BCUT2D eigenvalue weighted by Gasteiger charge is -2.30. The predicted octanol–water partition coefficient (Wildman–Crippen LogP) is 1.27. The number of piperidine rings is 1. The minimum atomic E-state index is -3.33. The van der Waals surface area contributed by atoms with Crippen LogP contribution in [0.15, 0.2) is 0 Å². The average Bonchev–Trinajstić information content (AvgIpc) is 3.14. The van der Waals surface area contributed by atoms with E-state index >= 15 is 0 Å². The van der Waals surface area contributed by atoms with Gasteiger partial charge in [0, 0.05) is 32.1 Å². The maximum atomic E-state index is 13.0. The molecule has 4 rings (SSSR count). The Morgan fingerprint density at radius 2 is 1.83 bits per heavy atom. The van der Waals surface area contributed by atoms with Gasteiger partial charge in [-0.25, -0.2) is 4.98 Å². The molecule has 8 heteroatoms. The van der Waals surface area contributed by atoms with E-state index in [-0.39, 0.29) is 5.92 Å². The van der Waals surface area contributed by atoms with Crippen LogP contribution in [-0.4, -0.2) is 58.4 Å². The van der Waals surface area contributed by atoms with E-state index in [2.05, 4.69) is 15.2 Å². The number of rotatable bonds is 4. The maximum Gasteiger partial charge on any atom is 0.282 e. The quantitative estimate of drug-likeness (QED) is 0.895. The highest BCUT2D eigenvalue weighted by molar-refractivity contribution is 7.86.